The standard InChI is InChI=1S/C7H16O2S/c1-3-4-5-6-7(2)10(8)9/h7,10H,3-6H2,1-2H3. The normalized spacial score (nSPS) is 13.9. The fourth-order valence-corrected chi connectivity index (χ4v) is 1.19. The third-order valence-electron chi connectivity index (χ3n) is 1.59. The zero-order chi connectivity index (χ0) is 7.98. The van der Waals surface area contributed by atoms with Gasteiger partial charge in [-0.1, -0.05) is 26.2 Å². The number of rotatable bonds is 5. The molecule has 1 unspecified atom stereocenters. The molecule has 0 fully saturated rings. The largest absolute Gasteiger partial charge is 0.232 e. The smallest absolute Gasteiger partial charge is 0.142 e. The van der Waals surface area contributed by atoms with E-state index in [1.54, 1.807) is 6.92 Å². The van der Waals surface area contributed by atoms with Crippen molar-refractivity contribution in [3.8, 4) is 0 Å². The number of unbranched alkanes of at least 4 members (excludes halogenated alkanes) is 2. The Labute approximate surface area is 64.6 Å². The maximum absolute atomic E-state index is 10.3. The van der Waals surface area contributed by atoms with Crippen LogP contribution in [0, 0.1) is 0 Å². The summed E-state index contributed by atoms with van der Waals surface area (Å²) in [6.45, 7) is 3.88. The van der Waals surface area contributed by atoms with Gasteiger partial charge in [-0.05, 0) is 13.3 Å². The molecule has 0 saturated heterocycles. The molecule has 2 nitrogen and oxygen atoms in total. The number of hydrogen-bond donors (Lipinski definition) is 1. The van der Waals surface area contributed by atoms with Crippen LogP contribution in [0.25, 0.3) is 0 Å². The van der Waals surface area contributed by atoms with Crippen molar-refractivity contribution in [3.63, 3.8) is 0 Å². The molecular formula is C7H16O2S. The van der Waals surface area contributed by atoms with E-state index in [2.05, 4.69) is 6.92 Å². The van der Waals surface area contributed by atoms with E-state index in [9.17, 15) is 8.42 Å². The van der Waals surface area contributed by atoms with E-state index < -0.39 is 10.7 Å². The third-order valence-corrected chi connectivity index (χ3v) is 2.56. The first kappa shape index (κ1) is 9.95. The second-order valence-electron chi connectivity index (χ2n) is 2.63. The van der Waals surface area contributed by atoms with E-state index in [0.29, 0.717) is 0 Å². The van der Waals surface area contributed by atoms with Crippen LogP contribution in [-0.2, 0) is 10.7 Å². The Hall–Kier alpha value is -0.0500. The molecule has 0 N–H and O–H groups in total. The molecule has 62 valence electrons. The molecule has 10 heavy (non-hydrogen) atoms. The molecule has 0 aromatic heterocycles. The van der Waals surface area contributed by atoms with Crippen molar-refractivity contribution in [1.82, 2.24) is 0 Å². The highest BCUT2D eigenvalue weighted by molar-refractivity contribution is 7.73. The summed E-state index contributed by atoms with van der Waals surface area (Å²) in [5.74, 6) is 0. The van der Waals surface area contributed by atoms with Crippen molar-refractivity contribution in [3.05, 3.63) is 0 Å². The SMILES string of the molecule is CCCCCC(C)[SH](=O)=O. The lowest BCUT2D eigenvalue weighted by atomic mass is 10.2. The molecule has 0 heterocycles. The van der Waals surface area contributed by atoms with Crippen LogP contribution in [0.5, 0.6) is 0 Å². The summed E-state index contributed by atoms with van der Waals surface area (Å²) >= 11 is 0. The maximum atomic E-state index is 10.3. The fraction of sp³-hybridized carbons (Fsp3) is 1.00. The molecule has 0 rings (SSSR count). The summed E-state index contributed by atoms with van der Waals surface area (Å²) < 4.78 is 20.7. The van der Waals surface area contributed by atoms with Crippen LogP contribution in [0.1, 0.15) is 39.5 Å². The van der Waals surface area contributed by atoms with Gasteiger partial charge in [0.05, 0.1) is 5.25 Å². The van der Waals surface area contributed by atoms with Gasteiger partial charge in [-0.2, -0.15) is 0 Å². The van der Waals surface area contributed by atoms with Crippen LogP contribution in [0.2, 0.25) is 0 Å². The van der Waals surface area contributed by atoms with E-state index in [4.69, 9.17) is 0 Å². The minimum Gasteiger partial charge on any atom is -0.232 e. The lowest BCUT2D eigenvalue weighted by Crippen LogP contribution is -2.02. The molecule has 1 atom stereocenters. The molecule has 0 aliphatic rings. The summed E-state index contributed by atoms with van der Waals surface area (Å²) in [5, 5.41) is -0.124. The lowest BCUT2D eigenvalue weighted by molar-refractivity contribution is 0.585. The summed E-state index contributed by atoms with van der Waals surface area (Å²) in [4.78, 5) is 0. The predicted octanol–water partition coefficient (Wildman–Crippen LogP) is 1.57. The second-order valence-corrected chi connectivity index (χ2v) is 4.08. The van der Waals surface area contributed by atoms with Gasteiger partial charge in [0.15, 0.2) is 0 Å². The molecule has 0 saturated carbocycles. The van der Waals surface area contributed by atoms with Gasteiger partial charge in [-0.25, -0.2) is 8.42 Å². The van der Waals surface area contributed by atoms with Crippen LogP contribution >= 0.6 is 0 Å². The summed E-state index contributed by atoms with van der Waals surface area (Å²) in [6.07, 6.45) is 4.17. The van der Waals surface area contributed by atoms with Crippen molar-refractivity contribution in [2.24, 2.45) is 0 Å². The van der Waals surface area contributed by atoms with Crippen LogP contribution in [-0.4, -0.2) is 13.7 Å². The van der Waals surface area contributed by atoms with E-state index >= 15 is 0 Å². The Balaban J connectivity index is 3.30. The quantitative estimate of drug-likeness (QED) is 0.494. The highest BCUT2D eigenvalue weighted by Gasteiger charge is 2.01. The average molecular weight is 164 g/mol. The molecule has 0 aliphatic heterocycles. The topological polar surface area (TPSA) is 34.1 Å². The van der Waals surface area contributed by atoms with Gasteiger partial charge in [0.2, 0.25) is 0 Å². The van der Waals surface area contributed by atoms with Gasteiger partial charge >= 0.3 is 0 Å². The molecule has 0 bridgehead atoms. The van der Waals surface area contributed by atoms with Crippen molar-refractivity contribution in [2.45, 2.75) is 44.8 Å². The molecular weight excluding hydrogens is 148 g/mol. The Morgan fingerprint density at radius 2 is 1.90 bits per heavy atom. The monoisotopic (exact) mass is 164 g/mol. The van der Waals surface area contributed by atoms with E-state index in [1.165, 1.54) is 0 Å². The first-order chi connectivity index (χ1) is 4.68. The van der Waals surface area contributed by atoms with E-state index in [0.717, 1.165) is 25.7 Å². The number of hydrogen-bond acceptors (Lipinski definition) is 2. The fourth-order valence-electron chi connectivity index (χ4n) is 0.795. The van der Waals surface area contributed by atoms with E-state index in [1.807, 2.05) is 0 Å². The van der Waals surface area contributed by atoms with Crippen LogP contribution in [0.15, 0.2) is 0 Å². The minimum atomic E-state index is -2.18. The Bertz CT molecular complexity index is 133. The highest BCUT2D eigenvalue weighted by atomic mass is 32.2. The Kier molecular flexibility index (Phi) is 5.69. The molecule has 0 radical (unpaired) electrons. The summed E-state index contributed by atoms with van der Waals surface area (Å²) in [6, 6.07) is 0. The second kappa shape index (κ2) is 5.71. The van der Waals surface area contributed by atoms with Crippen molar-refractivity contribution < 1.29 is 8.42 Å². The van der Waals surface area contributed by atoms with Gasteiger partial charge < -0.3 is 0 Å². The molecule has 3 heteroatoms. The molecule has 0 aromatic rings. The van der Waals surface area contributed by atoms with Gasteiger partial charge in [-0.15, -0.1) is 0 Å². The molecule has 0 aliphatic carbocycles. The first-order valence-corrected chi connectivity index (χ1v) is 5.06. The zero-order valence-electron chi connectivity index (χ0n) is 6.67. The Morgan fingerprint density at radius 3 is 2.30 bits per heavy atom. The van der Waals surface area contributed by atoms with Gasteiger partial charge in [-0.3, -0.25) is 0 Å². The number of thiol groups is 1. The summed E-state index contributed by atoms with van der Waals surface area (Å²) in [5.41, 5.74) is 0. The highest BCUT2D eigenvalue weighted by Crippen LogP contribution is 2.04. The Morgan fingerprint density at radius 1 is 1.30 bits per heavy atom. The van der Waals surface area contributed by atoms with Gasteiger partial charge in [0, 0.05) is 0 Å². The van der Waals surface area contributed by atoms with Crippen LogP contribution < -0.4 is 0 Å². The van der Waals surface area contributed by atoms with Crippen molar-refractivity contribution >= 4 is 10.7 Å². The van der Waals surface area contributed by atoms with Crippen LogP contribution in [0.4, 0.5) is 0 Å². The average Bonchev–Trinajstić information content (AvgIpc) is 1.88. The maximum Gasteiger partial charge on any atom is 0.142 e. The molecule has 0 spiro atoms. The minimum absolute atomic E-state index is 0.124. The summed E-state index contributed by atoms with van der Waals surface area (Å²) in [7, 11) is -2.18. The molecule has 0 aromatic carbocycles. The van der Waals surface area contributed by atoms with Crippen molar-refractivity contribution in [1.29, 1.82) is 0 Å². The lowest BCUT2D eigenvalue weighted by Gasteiger charge is -2.00. The van der Waals surface area contributed by atoms with Crippen LogP contribution in [0.3, 0.4) is 0 Å². The first-order valence-electron chi connectivity index (χ1n) is 3.82. The predicted molar refractivity (Wildman–Crippen MR) is 43.9 cm³/mol. The van der Waals surface area contributed by atoms with E-state index in [-0.39, 0.29) is 5.25 Å². The van der Waals surface area contributed by atoms with Crippen molar-refractivity contribution in [2.75, 3.05) is 0 Å². The molecule has 0 amide bonds. The third kappa shape index (κ3) is 4.79. The van der Waals surface area contributed by atoms with Gasteiger partial charge in [0.25, 0.3) is 0 Å². The zero-order valence-corrected chi connectivity index (χ0v) is 7.56. The van der Waals surface area contributed by atoms with Gasteiger partial charge in [0.1, 0.15) is 10.7 Å².